The van der Waals surface area contributed by atoms with Crippen LogP contribution in [0.25, 0.3) is 0 Å². The molecule has 0 unspecified atom stereocenters. The van der Waals surface area contributed by atoms with E-state index in [4.69, 9.17) is 16.3 Å². The first kappa shape index (κ1) is 18.9. The van der Waals surface area contributed by atoms with Crippen molar-refractivity contribution in [3.05, 3.63) is 94.8 Å². The number of carbonyl (C=O) groups excluding carboxylic acids is 2. The molecule has 138 valence electrons. The number of hydrogen-bond donors (Lipinski definition) is 0. The molecule has 0 spiro atoms. The third-order valence-corrected chi connectivity index (χ3v) is 4.55. The van der Waals surface area contributed by atoms with Gasteiger partial charge in [0, 0.05) is 18.3 Å². The van der Waals surface area contributed by atoms with Crippen LogP contribution in [0.3, 0.4) is 0 Å². The quantitative estimate of drug-likeness (QED) is 0.313. The fourth-order valence-corrected chi connectivity index (χ4v) is 3.03. The second kappa shape index (κ2) is 9.19. The van der Waals surface area contributed by atoms with Crippen molar-refractivity contribution < 1.29 is 14.3 Å². The number of hydrogen-bond acceptors (Lipinski definition) is 3. The Labute approximate surface area is 163 Å². The van der Waals surface area contributed by atoms with Crippen LogP contribution in [0.5, 0.6) is 0 Å². The molecule has 5 heteroatoms. The lowest BCUT2D eigenvalue weighted by molar-refractivity contribution is 0.0497. The molecule has 0 fully saturated rings. The predicted octanol–water partition coefficient (Wildman–Crippen LogP) is 5.01. The van der Waals surface area contributed by atoms with Gasteiger partial charge in [0.25, 0.3) is 0 Å². The minimum atomic E-state index is -0.314. The predicted molar refractivity (Wildman–Crippen MR) is 105 cm³/mol. The van der Waals surface area contributed by atoms with Crippen LogP contribution in [0.4, 0.5) is 0 Å². The van der Waals surface area contributed by atoms with Gasteiger partial charge in [0.2, 0.25) is 5.78 Å². The zero-order valence-corrected chi connectivity index (χ0v) is 15.6. The monoisotopic (exact) mass is 381 g/mol. The zero-order chi connectivity index (χ0) is 19.1. The van der Waals surface area contributed by atoms with Gasteiger partial charge in [0.05, 0.1) is 22.9 Å². The minimum absolute atomic E-state index is 0.0962. The minimum Gasteiger partial charge on any atom is -0.462 e. The smallest absolute Gasteiger partial charge is 0.338 e. The molecular weight excluding hydrogens is 362 g/mol. The molecule has 0 aliphatic carbocycles. The Morgan fingerprint density at radius 2 is 1.63 bits per heavy atom. The first-order valence-corrected chi connectivity index (χ1v) is 9.21. The Kier molecular flexibility index (Phi) is 6.44. The highest BCUT2D eigenvalue weighted by Crippen LogP contribution is 2.19. The van der Waals surface area contributed by atoms with Crippen LogP contribution >= 0.6 is 11.6 Å². The topological polar surface area (TPSA) is 48.3 Å². The molecule has 27 heavy (non-hydrogen) atoms. The van der Waals surface area contributed by atoms with E-state index in [9.17, 15) is 9.59 Å². The summed E-state index contributed by atoms with van der Waals surface area (Å²) in [5, 5.41) is 0.447. The van der Waals surface area contributed by atoms with Gasteiger partial charge >= 0.3 is 5.97 Å². The summed E-state index contributed by atoms with van der Waals surface area (Å²) in [6.45, 7) is 1.02. The number of ether oxygens (including phenoxy) is 1. The van der Waals surface area contributed by atoms with E-state index < -0.39 is 0 Å². The molecule has 0 saturated heterocycles. The summed E-state index contributed by atoms with van der Waals surface area (Å²) in [6.07, 6.45) is 3.39. The van der Waals surface area contributed by atoms with E-state index in [0.717, 1.165) is 12.8 Å². The largest absolute Gasteiger partial charge is 0.462 e. The lowest BCUT2D eigenvalue weighted by Crippen LogP contribution is -2.11. The number of aryl methyl sites for hydroxylation is 1. The fourth-order valence-electron chi connectivity index (χ4n) is 2.81. The van der Waals surface area contributed by atoms with Gasteiger partial charge in [-0.15, -0.1) is 0 Å². The third-order valence-electron chi connectivity index (χ3n) is 4.22. The summed E-state index contributed by atoms with van der Waals surface area (Å²) in [6, 6.07) is 19.6. The first-order valence-electron chi connectivity index (χ1n) is 8.83. The number of nitrogens with zero attached hydrogens (tertiary/aromatic N) is 1. The molecule has 3 rings (SSSR count). The maximum Gasteiger partial charge on any atom is 0.338 e. The Morgan fingerprint density at radius 3 is 2.41 bits per heavy atom. The molecule has 0 atom stereocenters. The van der Waals surface area contributed by atoms with E-state index in [2.05, 4.69) is 0 Å². The number of aromatic nitrogens is 1. The van der Waals surface area contributed by atoms with E-state index in [1.165, 1.54) is 0 Å². The van der Waals surface area contributed by atoms with E-state index in [0.29, 0.717) is 35.0 Å². The van der Waals surface area contributed by atoms with Crippen LogP contribution in [-0.2, 0) is 11.3 Å². The number of carbonyl (C=O) groups is 2. The maximum absolute atomic E-state index is 12.7. The number of halogens is 1. The lowest BCUT2D eigenvalue weighted by atomic mass is 10.1. The van der Waals surface area contributed by atoms with Crippen LogP contribution in [0.2, 0.25) is 5.02 Å². The van der Waals surface area contributed by atoms with Gasteiger partial charge in [-0.2, -0.15) is 0 Å². The van der Waals surface area contributed by atoms with Crippen molar-refractivity contribution in [3.8, 4) is 0 Å². The lowest BCUT2D eigenvalue weighted by Gasteiger charge is -2.10. The molecule has 2 aromatic carbocycles. The molecule has 1 heterocycles. The van der Waals surface area contributed by atoms with Gasteiger partial charge in [0.1, 0.15) is 0 Å². The highest BCUT2D eigenvalue weighted by atomic mass is 35.5. The van der Waals surface area contributed by atoms with Gasteiger partial charge in [-0.25, -0.2) is 4.79 Å². The van der Waals surface area contributed by atoms with Crippen molar-refractivity contribution in [2.75, 3.05) is 6.61 Å². The molecule has 0 aliphatic heterocycles. The van der Waals surface area contributed by atoms with Gasteiger partial charge in [-0.3, -0.25) is 4.79 Å². The van der Waals surface area contributed by atoms with E-state index in [-0.39, 0.29) is 11.8 Å². The van der Waals surface area contributed by atoms with E-state index >= 15 is 0 Å². The average molecular weight is 382 g/mol. The van der Waals surface area contributed by atoms with Crippen molar-refractivity contribution >= 4 is 23.4 Å². The van der Waals surface area contributed by atoms with Crippen LogP contribution in [0.1, 0.15) is 39.3 Å². The molecule has 4 nitrogen and oxygen atoms in total. The molecular formula is C22H20ClNO3. The highest BCUT2D eigenvalue weighted by Gasteiger charge is 2.15. The SMILES string of the molecule is O=C(OCCCCn1cccc1C(=O)c1ccccc1Cl)c1ccccc1. The second-order valence-electron chi connectivity index (χ2n) is 6.10. The fraction of sp³-hybridized carbons (Fsp3) is 0.182. The Bertz CT molecular complexity index is 918. The van der Waals surface area contributed by atoms with E-state index in [1.807, 2.05) is 22.9 Å². The number of esters is 1. The zero-order valence-electron chi connectivity index (χ0n) is 14.8. The summed E-state index contributed by atoms with van der Waals surface area (Å²) in [4.78, 5) is 24.6. The van der Waals surface area contributed by atoms with Crippen LogP contribution in [0.15, 0.2) is 72.9 Å². The molecule has 0 aliphatic rings. The molecule has 0 saturated carbocycles. The van der Waals surface area contributed by atoms with Gasteiger partial charge in [-0.1, -0.05) is 41.9 Å². The summed E-state index contributed by atoms with van der Waals surface area (Å²) in [7, 11) is 0. The Morgan fingerprint density at radius 1 is 0.889 bits per heavy atom. The second-order valence-corrected chi connectivity index (χ2v) is 6.51. The van der Waals surface area contributed by atoms with Gasteiger partial charge in [0.15, 0.2) is 0 Å². The number of rotatable bonds is 8. The summed E-state index contributed by atoms with van der Waals surface area (Å²) < 4.78 is 7.19. The number of benzene rings is 2. The maximum atomic E-state index is 12.7. The number of ketones is 1. The van der Waals surface area contributed by atoms with Crippen LogP contribution < -0.4 is 0 Å². The van der Waals surface area contributed by atoms with Crippen LogP contribution in [-0.4, -0.2) is 22.9 Å². The number of unbranched alkanes of at least 4 members (excludes halogenated alkanes) is 1. The standard InChI is InChI=1S/C22H20ClNO3/c23-19-12-5-4-11-18(19)21(25)20-13-8-15-24(20)14-6-7-16-27-22(26)17-9-2-1-3-10-17/h1-5,8-13,15H,6-7,14,16H2. The van der Waals surface area contributed by atoms with Gasteiger partial charge in [-0.05, 0) is 49.2 Å². The van der Waals surface area contributed by atoms with Crippen molar-refractivity contribution in [1.29, 1.82) is 0 Å². The normalized spacial score (nSPS) is 10.6. The molecule has 0 N–H and O–H groups in total. The van der Waals surface area contributed by atoms with Crippen molar-refractivity contribution in [2.45, 2.75) is 19.4 Å². The van der Waals surface area contributed by atoms with Crippen molar-refractivity contribution in [3.63, 3.8) is 0 Å². The molecule has 0 amide bonds. The Balaban J connectivity index is 1.50. The highest BCUT2D eigenvalue weighted by molar-refractivity contribution is 6.34. The Hall–Kier alpha value is -2.85. The summed E-state index contributed by atoms with van der Waals surface area (Å²) in [5.74, 6) is -0.410. The van der Waals surface area contributed by atoms with Crippen LogP contribution in [0, 0.1) is 0 Å². The van der Waals surface area contributed by atoms with Crippen molar-refractivity contribution in [2.24, 2.45) is 0 Å². The summed E-state index contributed by atoms with van der Waals surface area (Å²) in [5.41, 5.74) is 1.65. The van der Waals surface area contributed by atoms with E-state index in [1.54, 1.807) is 54.6 Å². The molecule has 0 bridgehead atoms. The van der Waals surface area contributed by atoms with Gasteiger partial charge < -0.3 is 9.30 Å². The summed E-state index contributed by atoms with van der Waals surface area (Å²) >= 11 is 6.14. The third kappa shape index (κ3) is 4.86. The molecule has 0 radical (unpaired) electrons. The van der Waals surface area contributed by atoms with Crippen molar-refractivity contribution in [1.82, 2.24) is 4.57 Å². The first-order chi connectivity index (χ1) is 13.2. The molecule has 3 aromatic rings. The average Bonchev–Trinajstić information content (AvgIpc) is 3.16. The molecule has 1 aromatic heterocycles.